The van der Waals surface area contributed by atoms with E-state index in [2.05, 4.69) is 15.1 Å². The number of aromatic nitrogens is 2. The van der Waals surface area contributed by atoms with E-state index in [4.69, 9.17) is 9.47 Å². The van der Waals surface area contributed by atoms with Crippen LogP contribution in [0.5, 0.6) is 11.5 Å². The molecule has 1 fully saturated rings. The lowest BCUT2D eigenvalue weighted by Gasteiger charge is -2.35. The second kappa shape index (κ2) is 8.91. The molecule has 0 bridgehead atoms. The zero-order valence-corrected chi connectivity index (χ0v) is 17.0. The number of anilines is 1. The van der Waals surface area contributed by atoms with E-state index < -0.39 is 0 Å². The minimum atomic E-state index is -0.0217. The van der Waals surface area contributed by atoms with Crippen LogP contribution in [-0.4, -0.2) is 60.9 Å². The van der Waals surface area contributed by atoms with E-state index in [0.717, 1.165) is 29.5 Å². The van der Waals surface area contributed by atoms with Crippen molar-refractivity contribution in [3.8, 4) is 22.1 Å². The highest BCUT2D eigenvalue weighted by molar-refractivity contribution is 7.13. The van der Waals surface area contributed by atoms with Gasteiger partial charge < -0.3 is 19.3 Å². The van der Waals surface area contributed by atoms with Gasteiger partial charge in [0.25, 0.3) is 5.91 Å². The normalized spacial score (nSPS) is 14.0. The molecule has 1 aliphatic heterocycles. The number of ether oxygens (including phenoxy) is 2. The quantitative estimate of drug-likeness (QED) is 0.622. The van der Waals surface area contributed by atoms with Gasteiger partial charge in [-0.3, -0.25) is 4.79 Å². The molecule has 1 aliphatic rings. The monoisotopic (exact) mass is 410 g/mol. The Balaban J connectivity index is 1.28. The summed E-state index contributed by atoms with van der Waals surface area (Å²) < 4.78 is 10.8. The Hall–Kier alpha value is -3.13. The Morgan fingerprint density at radius 3 is 2.55 bits per heavy atom. The van der Waals surface area contributed by atoms with Crippen molar-refractivity contribution in [2.45, 2.75) is 0 Å². The van der Waals surface area contributed by atoms with Crippen LogP contribution in [0.4, 0.5) is 5.82 Å². The van der Waals surface area contributed by atoms with E-state index in [9.17, 15) is 4.79 Å². The molecule has 4 rings (SSSR count). The number of hydrogen-bond acceptors (Lipinski definition) is 7. The molecule has 3 heterocycles. The van der Waals surface area contributed by atoms with E-state index in [0.29, 0.717) is 24.6 Å². The Bertz CT molecular complexity index is 939. The maximum atomic E-state index is 12.5. The number of nitrogens with zero attached hydrogens (tertiary/aromatic N) is 4. The molecule has 3 aromatic rings. The van der Waals surface area contributed by atoms with Gasteiger partial charge in [-0.2, -0.15) is 0 Å². The summed E-state index contributed by atoms with van der Waals surface area (Å²) >= 11 is 1.65. The van der Waals surface area contributed by atoms with E-state index in [1.165, 1.54) is 0 Å². The fraction of sp³-hybridized carbons (Fsp3) is 0.286. The topological polar surface area (TPSA) is 67.8 Å². The third kappa shape index (κ3) is 4.65. The number of carbonyl (C=O) groups excluding carboxylic acids is 1. The molecule has 0 unspecified atom stereocenters. The molecule has 1 aromatic carbocycles. The van der Waals surface area contributed by atoms with E-state index in [-0.39, 0.29) is 12.5 Å². The molecular formula is C21H22N4O3S. The molecule has 2 aromatic heterocycles. The first-order valence-corrected chi connectivity index (χ1v) is 10.3. The third-order valence-electron chi connectivity index (χ3n) is 4.78. The van der Waals surface area contributed by atoms with E-state index in [1.54, 1.807) is 24.5 Å². The molecule has 150 valence electrons. The van der Waals surface area contributed by atoms with Gasteiger partial charge in [0.2, 0.25) is 0 Å². The zero-order chi connectivity index (χ0) is 20.1. The van der Waals surface area contributed by atoms with Crippen molar-refractivity contribution in [3.05, 3.63) is 53.9 Å². The summed E-state index contributed by atoms with van der Waals surface area (Å²) in [5.74, 6) is 2.14. The Morgan fingerprint density at radius 1 is 1.03 bits per heavy atom. The number of amides is 1. The van der Waals surface area contributed by atoms with Crippen LogP contribution >= 0.6 is 11.3 Å². The highest BCUT2D eigenvalue weighted by Gasteiger charge is 2.22. The molecule has 1 saturated heterocycles. The number of methoxy groups -OCH3 is 1. The van der Waals surface area contributed by atoms with Gasteiger partial charge in [-0.1, -0.05) is 12.1 Å². The van der Waals surface area contributed by atoms with Gasteiger partial charge >= 0.3 is 0 Å². The number of benzene rings is 1. The van der Waals surface area contributed by atoms with Gasteiger partial charge in [0.15, 0.2) is 12.4 Å². The predicted molar refractivity (Wildman–Crippen MR) is 113 cm³/mol. The van der Waals surface area contributed by atoms with Gasteiger partial charge in [-0.15, -0.1) is 21.5 Å². The first kappa shape index (κ1) is 19.2. The van der Waals surface area contributed by atoms with Crippen molar-refractivity contribution in [1.82, 2.24) is 15.1 Å². The highest BCUT2D eigenvalue weighted by Crippen LogP contribution is 2.23. The van der Waals surface area contributed by atoms with Crippen molar-refractivity contribution in [3.63, 3.8) is 0 Å². The maximum absolute atomic E-state index is 12.5. The first-order chi connectivity index (χ1) is 14.2. The lowest BCUT2D eigenvalue weighted by atomic mass is 10.3. The van der Waals surface area contributed by atoms with Crippen LogP contribution in [0, 0.1) is 0 Å². The lowest BCUT2D eigenvalue weighted by Crippen LogP contribution is -2.50. The molecule has 7 nitrogen and oxygen atoms in total. The van der Waals surface area contributed by atoms with Crippen molar-refractivity contribution >= 4 is 23.1 Å². The molecule has 0 atom stereocenters. The summed E-state index contributed by atoms with van der Waals surface area (Å²) in [6.07, 6.45) is 0. The summed E-state index contributed by atoms with van der Waals surface area (Å²) in [7, 11) is 1.60. The largest absolute Gasteiger partial charge is 0.497 e. The predicted octanol–water partition coefficient (Wildman–Crippen LogP) is 2.94. The SMILES string of the molecule is COc1cccc(OCC(=O)N2CCN(c3ccc(-c4cccs4)nn3)CC2)c1. The Labute approximate surface area is 173 Å². The standard InChI is InChI=1S/C21H22N4O3S/c1-27-16-4-2-5-17(14-16)28-15-21(26)25-11-9-24(10-12-25)20-8-7-18(22-23-20)19-6-3-13-29-19/h2-8,13-14H,9-12,15H2,1H3. The highest BCUT2D eigenvalue weighted by atomic mass is 32.1. The van der Waals surface area contributed by atoms with E-state index >= 15 is 0 Å². The number of piperazine rings is 1. The Morgan fingerprint density at radius 2 is 1.86 bits per heavy atom. The van der Waals surface area contributed by atoms with Gasteiger partial charge in [0.1, 0.15) is 17.2 Å². The molecule has 0 N–H and O–H groups in total. The molecule has 0 aliphatic carbocycles. The molecule has 29 heavy (non-hydrogen) atoms. The van der Waals surface area contributed by atoms with Crippen LogP contribution in [0.2, 0.25) is 0 Å². The molecule has 1 amide bonds. The summed E-state index contributed by atoms with van der Waals surface area (Å²) in [6.45, 7) is 2.72. The smallest absolute Gasteiger partial charge is 0.260 e. The van der Waals surface area contributed by atoms with Crippen LogP contribution in [-0.2, 0) is 4.79 Å². The second-order valence-corrected chi connectivity index (χ2v) is 7.54. The van der Waals surface area contributed by atoms with Crippen LogP contribution in [0.15, 0.2) is 53.9 Å². The van der Waals surface area contributed by atoms with Gasteiger partial charge in [0.05, 0.1) is 12.0 Å². The maximum Gasteiger partial charge on any atom is 0.260 e. The average molecular weight is 410 g/mol. The van der Waals surface area contributed by atoms with Gasteiger partial charge in [-0.05, 0) is 35.7 Å². The van der Waals surface area contributed by atoms with E-state index in [1.807, 2.05) is 52.7 Å². The number of hydrogen-bond donors (Lipinski definition) is 0. The van der Waals surface area contributed by atoms with Crippen LogP contribution in [0.25, 0.3) is 10.6 Å². The van der Waals surface area contributed by atoms with Crippen LogP contribution in [0.1, 0.15) is 0 Å². The second-order valence-electron chi connectivity index (χ2n) is 6.59. The fourth-order valence-electron chi connectivity index (χ4n) is 3.16. The summed E-state index contributed by atoms with van der Waals surface area (Å²) in [4.78, 5) is 17.6. The molecule has 8 heteroatoms. The average Bonchev–Trinajstić information content (AvgIpc) is 3.33. The Kier molecular flexibility index (Phi) is 5.90. The number of thiophene rings is 1. The van der Waals surface area contributed by atoms with Gasteiger partial charge in [0, 0.05) is 32.2 Å². The fourth-order valence-corrected chi connectivity index (χ4v) is 3.85. The summed E-state index contributed by atoms with van der Waals surface area (Å²) in [6, 6.07) is 15.3. The molecule has 0 spiro atoms. The van der Waals surface area contributed by atoms with Crippen molar-refractivity contribution in [2.24, 2.45) is 0 Å². The minimum absolute atomic E-state index is 0.0164. The third-order valence-corrected chi connectivity index (χ3v) is 5.68. The zero-order valence-electron chi connectivity index (χ0n) is 16.2. The summed E-state index contributed by atoms with van der Waals surface area (Å²) in [5.41, 5.74) is 0.882. The number of carbonyl (C=O) groups is 1. The lowest BCUT2D eigenvalue weighted by molar-refractivity contribution is -0.133. The summed E-state index contributed by atoms with van der Waals surface area (Å²) in [5, 5.41) is 10.7. The van der Waals surface area contributed by atoms with Crippen molar-refractivity contribution in [1.29, 1.82) is 0 Å². The van der Waals surface area contributed by atoms with Crippen molar-refractivity contribution < 1.29 is 14.3 Å². The van der Waals surface area contributed by atoms with Crippen LogP contribution in [0.3, 0.4) is 0 Å². The minimum Gasteiger partial charge on any atom is -0.497 e. The molecule has 0 radical (unpaired) electrons. The van der Waals surface area contributed by atoms with Crippen molar-refractivity contribution in [2.75, 3.05) is 44.8 Å². The van der Waals surface area contributed by atoms with Gasteiger partial charge in [-0.25, -0.2) is 0 Å². The first-order valence-electron chi connectivity index (χ1n) is 9.40. The number of rotatable bonds is 6. The molecule has 0 saturated carbocycles. The molecular weight excluding hydrogens is 388 g/mol. The van der Waals surface area contributed by atoms with Crippen LogP contribution < -0.4 is 14.4 Å².